The zero-order valence-corrected chi connectivity index (χ0v) is 16.6. The molecule has 3 rings (SSSR count). The lowest BCUT2D eigenvalue weighted by molar-refractivity contribution is -0.120. The summed E-state index contributed by atoms with van der Waals surface area (Å²) in [4.78, 5) is 31.0. The highest BCUT2D eigenvalue weighted by Gasteiger charge is 2.38. The van der Waals surface area contributed by atoms with Crippen molar-refractivity contribution in [3.05, 3.63) is 59.1 Å². The first kappa shape index (κ1) is 19.2. The molecule has 2 aromatic carbocycles. The van der Waals surface area contributed by atoms with E-state index < -0.39 is 6.04 Å². The highest BCUT2D eigenvalue weighted by molar-refractivity contribution is 6.34. The monoisotopic (exact) mass is 385 g/mol. The molecule has 1 aliphatic heterocycles. The SMILES string of the molecule is CCN(C)c1ccc(C(=O)N(C)C2CCN(c3ccccc3Cl)C2=O)cc1. The van der Waals surface area contributed by atoms with Gasteiger partial charge < -0.3 is 14.7 Å². The second-order valence-corrected chi connectivity index (χ2v) is 7.13. The lowest BCUT2D eigenvalue weighted by Crippen LogP contribution is -2.43. The Morgan fingerprint density at radius 3 is 2.44 bits per heavy atom. The quantitative estimate of drug-likeness (QED) is 0.788. The Hall–Kier alpha value is -2.53. The molecule has 0 aromatic heterocycles. The summed E-state index contributed by atoms with van der Waals surface area (Å²) in [7, 11) is 3.69. The van der Waals surface area contributed by atoms with Gasteiger partial charge in [-0.3, -0.25) is 9.59 Å². The third-order valence-corrected chi connectivity index (χ3v) is 5.46. The fourth-order valence-electron chi connectivity index (χ4n) is 3.32. The number of likely N-dealkylation sites (N-methyl/N-ethyl adjacent to an activating group) is 1. The van der Waals surface area contributed by atoms with Gasteiger partial charge in [0, 0.05) is 38.4 Å². The summed E-state index contributed by atoms with van der Waals surface area (Å²) in [6.07, 6.45) is 0.586. The number of nitrogens with zero attached hydrogens (tertiary/aromatic N) is 3. The van der Waals surface area contributed by atoms with Crippen molar-refractivity contribution in [1.29, 1.82) is 0 Å². The number of para-hydroxylation sites is 1. The molecule has 2 amide bonds. The average Bonchev–Trinajstić information content (AvgIpc) is 3.08. The molecule has 1 aliphatic rings. The molecule has 1 saturated heterocycles. The summed E-state index contributed by atoms with van der Waals surface area (Å²) >= 11 is 6.23. The minimum atomic E-state index is -0.480. The van der Waals surface area contributed by atoms with Gasteiger partial charge in [0.25, 0.3) is 5.91 Å². The molecular formula is C21H24ClN3O2. The first-order valence-electron chi connectivity index (χ1n) is 9.08. The number of anilines is 2. The molecule has 142 valence electrons. The first-order valence-corrected chi connectivity index (χ1v) is 9.46. The minimum Gasteiger partial charge on any atom is -0.375 e. The van der Waals surface area contributed by atoms with E-state index in [1.165, 1.54) is 4.90 Å². The summed E-state index contributed by atoms with van der Waals surface area (Å²) < 4.78 is 0. The van der Waals surface area contributed by atoms with Crippen LogP contribution in [0.5, 0.6) is 0 Å². The topological polar surface area (TPSA) is 43.9 Å². The van der Waals surface area contributed by atoms with Crippen molar-refractivity contribution < 1.29 is 9.59 Å². The van der Waals surface area contributed by atoms with Gasteiger partial charge in [-0.25, -0.2) is 0 Å². The van der Waals surface area contributed by atoms with Crippen molar-refractivity contribution in [2.24, 2.45) is 0 Å². The van der Waals surface area contributed by atoms with Gasteiger partial charge in [0.1, 0.15) is 6.04 Å². The summed E-state index contributed by atoms with van der Waals surface area (Å²) in [5, 5.41) is 0.538. The van der Waals surface area contributed by atoms with Crippen molar-refractivity contribution >= 4 is 34.8 Å². The molecule has 2 aromatic rings. The lowest BCUT2D eigenvalue weighted by Gasteiger charge is -2.25. The second kappa shape index (κ2) is 8.01. The third kappa shape index (κ3) is 3.78. The summed E-state index contributed by atoms with van der Waals surface area (Å²) in [6, 6.07) is 14.3. The molecule has 1 heterocycles. The van der Waals surface area contributed by atoms with E-state index in [9.17, 15) is 9.59 Å². The number of hydrogen-bond acceptors (Lipinski definition) is 3. The van der Waals surface area contributed by atoms with Crippen molar-refractivity contribution in [2.75, 3.05) is 37.0 Å². The molecule has 1 fully saturated rings. The molecule has 27 heavy (non-hydrogen) atoms. The van der Waals surface area contributed by atoms with Crippen LogP contribution in [0.3, 0.4) is 0 Å². The fraction of sp³-hybridized carbons (Fsp3) is 0.333. The zero-order chi connectivity index (χ0) is 19.6. The van der Waals surface area contributed by atoms with Crippen LogP contribution in [0.25, 0.3) is 0 Å². The molecule has 0 aliphatic carbocycles. The van der Waals surface area contributed by atoms with Crippen LogP contribution in [0.1, 0.15) is 23.7 Å². The van der Waals surface area contributed by atoms with Gasteiger partial charge in [-0.1, -0.05) is 23.7 Å². The standard InChI is InChI=1S/C21H24ClN3O2/c1-4-23(2)16-11-9-15(10-12-16)20(26)24(3)19-13-14-25(21(19)27)18-8-6-5-7-17(18)22/h5-12,19H,4,13-14H2,1-3H3. The minimum absolute atomic E-state index is 0.0960. The van der Waals surface area contributed by atoms with E-state index in [1.54, 1.807) is 18.0 Å². The van der Waals surface area contributed by atoms with Gasteiger partial charge in [0.15, 0.2) is 0 Å². The molecule has 0 radical (unpaired) electrons. The van der Waals surface area contributed by atoms with Crippen LogP contribution < -0.4 is 9.80 Å². The van der Waals surface area contributed by atoms with Gasteiger partial charge in [0.2, 0.25) is 5.91 Å². The number of benzene rings is 2. The Morgan fingerprint density at radius 2 is 1.81 bits per heavy atom. The molecular weight excluding hydrogens is 362 g/mol. The number of carbonyl (C=O) groups excluding carboxylic acids is 2. The predicted octanol–water partition coefficient (Wildman–Crippen LogP) is 3.67. The van der Waals surface area contributed by atoms with Crippen LogP contribution >= 0.6 is 11.6 Å². The number of amides is 2. The Balaban J connectivity index is 1.74. The number of halogens is 1. The Labute approximate surface area is 165 Å². The number of rotatable bonds is 5. The third-order valence-electron chi connectivity index (χ3n) is 5.14. The Kier molecular flexibility index (Phi) is 5.71. The van der Waals surface area contributed by atoms with Crippen LogP contribution in [-0.4, -0.2) is 49.9 Å². The van der Waals surface area contributed by atoms with Crippen molar-refractivity contribution in [2.45, 2.75) is 19.4 Å². The molecule has 0 N–H and O–H groups in total. The zero-order valence-electron chi connectivity index (χ0n) is 15.9. The summed E-state index contributed by atoms with van der Waals surface area (Å²) in [6.45, 7) is 3.51. The number of hydrogen-bond donors (Lipinski definition) is 0. The van der Waals surface area contributed by atoms with Crippen LogP contribution in [0.15, 0.2) is 48.5 Å². The highest BCUT2D eigenvalue weighted by Crippen LogP contribution is 2.30. The van der Waals surface area contributed by atoms with Gasteiger partial charge in [-0.05, 0) is 49.7 Å². The van der Waals surface area contributed by atoms with Gasteiger partial charge in [-0.2, -0.15) is 0 Å². The van der Waals surface area contributed by atoms with Gasteiger partial charge >= 0.3 is 0 Å². The van der Waals surface area contributed by atoms with Crippen LogP contribution in [0, 0.1) is 0 Å². The molecule has 0 spiro atoms. The van der Waals surface area contributed by atoms with E-state index in [2.05, 4.69) is 11.8 Å². The second-order valence-electron chi connectivity index (χ2n) is 6.72. The fourth-order valence-corrected chi connectivity index (χ4v) is 3.56. The van der Waals surface area contributed by atoms with E-state index in [0.717, 1.165) is 12.2 Å². The van der Waals surface area contributed by atoms with Gasteiger partial charge in [0.05, 0.1) is 10.7 Å². The van der Waals surface area contributed by atoms with E-state index in [0.29, 0.717) is 29.2 Å². The average molecular weight is 386 g/mol. The molecule has 6 heteroatoms. The summed E-state index contributed by atoms with van der Waals surface area (Å²) in [5.74, 6) is -0.249. The summed E-state index contributed by atoms with van der Waals surface area (Å²) in [5.41, 5.74) is 2.33. The Bertz CT molecular complexity index is 838. The molecule has 0 saturated carbocycles. The largest absolute Gasteiger partial charge is 0.375 e. The van der Waals surface area contributed by atoms with Crippen LogP contribution in [0.2, 0.25) is 5.02 Å². The van der Waals surface area contributed by atoms with Crippen LogP contribution in [-0.2, 0) is 4.79 Å². The van der Waals surface area contributed by atoms with E-state index in [-0.39, 0.29) is 11.8 Å². The molecule has 1 unspecified atom stereocenters. The van der Waals surface area contributed by atoms with Gasteiger partial charge in [-0.15, -0.1) is 0 Å². The molecule has 5 nitrogen and oxygen atoms in total. The smallest absolute Gasteiger partial charge is 0.254 e. The Morgan fingerprint density at radius 1 is 1.15 bits per heavy atom. The van der Waals surface area contributed by atoms with E-state index in [4.69, 9.17) is 11.6 Å². The maximum absolute atomic E-state index is 12.9. The maximum Gasteiger partial charge on any atom is 0.254 e. The van der Waals surface area contributed by atoms with Crippen molar-refractivity contribution in [3.8, 4) is 0 Å². The molecule has 1 atom stereocenters. The van der Waals surface area contributed by atoms with Crippen LogP contribution in [0.4, 0.5) is 11.4 Å². The number of carbonyl (C=O) groups is 2. The highest BCUT2D eigenvalue weighted by atomic mass is 35.5. The van der Waals surface area contributed by atoms with E-state index in [1.807, 2.05) is 49.5 Å². The molecule has 0 bridgehead atoms. The normalized spacial score (nSPS) is 16.5. The lowest BCUT2D eigenvalue weighted by atomic mass is 10.1. The van der Waals surface area contributed by atoms with Crippen molar-refractivity contribution in [1.82, 2.24) is 4.90 Å². The first-order chi connectivity index (χ1) is 12.9. The van der Waals surface area contributed by atoms with Crippen molar-refractivity contribution in [3.63, 3.8) is 0 Å². The predicted molar refractivity (Wildman–Crippen MR) is 110 cm³/mol. The van der Waals surface area contributed by atoms with E-state index >= 15 is 0 Å². The maximum atomic E-state index is 12.9.